The lowest BCUT2D eigenvalue weighted by atomic mass is 10.1. The van der Waals surface area contributed by atoms with Gasteiger partial charge in [0.05, 0.1) is 21.6 Å². The highest BCUT2D eigenvalue weighted by Crippen LogP contribution is 2.37. The molecule has 6 rings (SSSR count). The van der Waals surface area contributed by atoms with Crippen LogP contribution in [0, 0.1) is 5.82 Å². The Morgan fingerprint density at radius 3 is 2.10 bits per heavy atom. The van der Waals surface area contributed by atoms with Crippen molar-refractivity contribution in [3.63, 3.8) is 0 Å². The topological polar surface area (TPSA) is 69.0 Å². The van der Waals surface area contributed by atoms with Gasteiger partial charge in [0.1, 0.15) is 11.4 Å². The maximum Gasteiger partial charge on any atom is 0.341 e. The van der Waals surface area contributed by atoms with Gasteiger partial charge in [0.25, 0.3) is 0 Å². The first-order valence-electron chi connectivity index (χ1n) is 14.5. The molecule has 2 fully saturated rings. The highest BCUT2D eigenvalue weighted by molar-refractivity contribution is 6.38. The minimum atomic E-state index is -1.37. The molecule has 2 saturated heterocycles. The number of aromatic carboxylic acids is 1. The fraction of sp³-hybridized carbons (Fsp3) is 0.333. The summed E-state index contributed by atoms with van der Waals surface area (Å²) in [5, 5.41) is 9.83. The molecule has 9 heteroatoms. The fourth-order valence-electron chi connectivity index (χ4n) is 6.14. The van der Waals surface area contributed by atoms with E-state index in [1.165, 1.54) is 24.6 Å². The normalized spacial score (nSPS) is 16.0. The van der Waals surface area contributed by atoms with Crippen LogP contribution < -0.4 is 15.2 Å². The minimum Gasteiger partial charge on any atom is -0.477 e. The Kier molecular flexibility index (Phi) is 7.92. The lowest BCUT2D eigenvalue weighted by Gasteiger charge is -2.38. The van der Waals surface area contributed by atoms with Crippen LogP contribution in [-0.2, 0) is 13.0 Å². The number of carboxylic acids is 1. The number of pyridine rings is 1. The maximum absolute atomic E-state index is 15.7. The predicted molar refractivity (Wildman–Crippen MR) is 166 cm³/mol. The van der Waals surface area contributed by atoms with Crippen LogP contribution in [0.2, 0.25) is 5.02 Å². The molecule has 0 radical (unpaired) electrons. The SMILES string of the molecule is CCc1ccc(N2CCN(c3c(F)cc4c(=O)c(C(=O)O)cn(-c5ccc(CN6CCCC6)cc5)c4c3Cl)CC2)cc1. The predicted octanol–water partition coefficient (Wildman–Crippen LogP) is 5.97. The first-order valence-corrected chi connectivity index (χ1v) is 14.9. The molecule has 1 aromatic heterocycles. The van der Waals surface area contributed by atoms with Crippen LogP contribution in [0.4, 0.5) is 15.8 Å². The Bertz CT molecular complexity index is 1670. The van der Waals surface area contributed by atoms with Crippen LogP contribution in [0.1, 0.15) is 41.3 Å². The largest absolute Gasteiger partial charge is 0.477 e. The van der Waals surface area contributed by atoms with Gasteiger partial charge < -0.3 is 19.5 Å². The molecule has 4 aromatic rings. The Labute approximate surface area is 249 Å². The van der Waals surface area contributed by atoms with E-state index in [0.29, 0.717) is 37.4 Å². The number of rotatable bonds is 7. The maximum atomic E-state index is 15.7. The van der Waals surface area contributed by atoms with Crippen molar-refractivity contribution in [2.45, 2.75) is 32.7 Å². The van der Waals surface area contributed by atoms with Gasteiger partial charge in [0.2, 0.25) is 5.43 Å². The summed E-state index contributed by atoms with van der Waals surface area (Å²) in [5.74, 6) is -2.01. The lowest BCUT2D eigenvalue weighted by Crippen LogP contribution is -2.47. The van der Waals surface area contributed by atoms with Crippen LogP contribution in [0.5, 0.6) is 0 Å². The molecule has 0 saturated carbocycles. The third kappa shape index (κ3) is 5.37. The molecule has 0 bridgehead atoms. The number of carboxylic acid groups (broad SMARTS) is 1. The highest BCUT2D eigenvalue weighted by atomic mass is 35.5. The number of hydrogen-bond acceptors (Lipinski definition) is 5. The molecule has 0 spiro atoms. The van der Waals surface area contributed by atoms with Crippen LogP contribution in [-0.4, -0.2) is 59.8 Å². The first kappa shape index (κ1) is 28.2. The lowest BCUT2D eigenvalue weighted by molar-refractivity contribution is 0.0695. The number of aryl methyl sites for hydroxylation is 1. The van der Waals surface area contributed by atoms with Gasteiger partial charge in [-0.15, -0.1) is 0 Å². The van der Waals surface area contributed by atoms with Crippen molar-refractivity contribution in [2.24, 2.45) is 0 Å². The summed E-state index contributed by atoms with van der Waals surface area (Å²) in [6, 6.07) is 17.4. The molecule has 3 aromatic carbocycles. The summed E-state index contributed by atoms with van der Waals surface area (Å²) in [6.07, 6.45) is 4.69. The van der Waals surface area contributed by atoms with Gasteiger partial charge in [-0.05, 0) is 73.8 Å². The quantitative estimate of drug-likeness (QED) is 0.287. The van der Waals surface area contributed by atoms with Crippen molar-refractivity contribution >= 4 is 39.8 Å². The standard InChI is InChI=1S/C33H34ClFN4O3/c1-2-22-5-9-24(10-6-22)37-15-17-38(18-16-37)31-28(35)19-26-30(29(31)34)39(21-27(32(26)40)33(41)42)25-11-7-23(8-12-25)20-36-13-3-4-14-36/h5-12,19,21H,2-4,13-18,20H2,1H3,(H,41,42). The fourth-order valence-corrected chi connectivity index (χ4v) is 6.54. The molecule has 2 aliphatic rings. The van der Waals surface area contributed by atoms with Crippen molar-refractivity contribution in [3.8, 4) is 5.69 Å². The smallest absolute Gasteiger partial charge is 0.341 e. The summed E-state index contributed by atoms with van der Waals surface area (Å²) < 4.78 is 17.3. The van der Waals surface area contributed by atoms with E-state index >= 15 is 4.39 Å². The van der Waals surface area contributed by atoms with E-state index < -0.39 is 22.8 Å². The molecule has 0 unspecified atom stereocenters. The average molecular weight is 589 g/mol. The second-order valence-electron chi connectivity index (χ2n) is 11.1. The number of halogens is 2. The zero-order valence-electron chi connectivity index (χ0n) is 23.7. The first-order chi connectivity index (χ1) is 20.3. The summed E-state index contributed by atoms with van der Waals surface area (Å²) in [4.78, 5) is 31.8. The molecule has 2 aliphatic heterocycles. The number of hydrogen-bond donors (Lipinski definition) is 1. The molecular formula is C33H34ClFN4O3. The number of anilines is 2. The van der Waals surface area contributed by atoms with Gasteiger partial charge in [-0.25, -0.2) is 9.18 Å². The Morgan fingerprint density at radius 2 is 1.48 bits per heavy atom. The van der Waals surface area contributed by atoms with Gasteiger partial charge >= 0.3 is 5.97 Å². The van der Waals surface area contributed by atoms with Crippen molar-refractivity contribution in [2.75, 3.05) is 49.1 Å². The van der Waals surface area contributed by atoms with E-state index in [0.717, 1.165) is 43.4 Å². The number of fused-ring (bicyclic) bond motifs is 1. The van der Waals surface area contributed by atoms with Gasteiger partial charge in [0.15, 0.2) is 0 Å². The zero-order valence-corrected chi connectivity index (χ0v) is 24.4. The van der Waals surface area contributed by atoms with E-state index in [2.05, 4.69) is 41.0 Å². The molecule has 0 aliphatic carbocycles. The summed E-state index contributed by atoms with van der Waals surface area (Å²) >= 11 is 6.96. The van der Waals surface area contributed by atoms with E-state index in [-0.39, 0.29) is 16.1 Å². The third-order valence-corrected chi connectivity index (χ3v) is 8.87. The second-order valence-corrected chi connectivity index (χ2v) is 11.5. The molecular weight excluding hydrogens is 555 g/mol. The van der Waals surface area contributed by atoms with Gasteiger partial charge in [-0.3, -0.25) is 9.69 Å². The molecule has 1 N–H and O–H groups in total. The minimum absolute atomic E-state index is 0.0584. The van der Waals surface area contributed by atoms with Crippen LogP contribution in [0.3, 0.4) is 0 Å². The summed E-state index contributed by atoms with van der Waals surface area (Å²) in [5.41, 5.74) is 3.53. The van der Waals surface area contributed by atoms with Crippen LogP contribution >= 0.6 is 11.6 Å². The third-order valence-electron chi connectivity index (χ3n) is 8.51. The van der Waals surface area contributed by atoms with Crippen molar-refractivity contribution in [3.05, 3.63) is 98.5 Å². The number of likely N-dealkylation sites (tertiary alicyclic amines) is 1. The van der Waals surface area contributed by atoms with Crippen LogP contribution in [0.15, 0.2) is 65.6 Å². The molecule has 3 heterocycles. The monoisotopic (exact) mass is 588 g/mol. The van der Waals surface area contributed by atoms with E-state index in [1.807, 2.05) is 29.2 Å². The number of piperazine rings is 1. The number of benzene rings is 3. The summed E-state index contributed by atoms with van der Waals surface area (Å²) in [6.45, 7) is 7.58. The molecule has 0 atom stereocenters. The van der Waals surface area contributed by atoms with Gasteiger partial charge in [0, 0.05) is 50.3 Å². The van der Waals surface area contributed by atoms with Crippen molar-refractivity contribution in [1.82, 2.24) is 9.47 Å². The van der Waals surface area contributed by atoms with E-state index in [1.54, 1.807) is 4.57 Å². The number of nitrogens with zero attached hydrogens (tertiary/aromatic N) is 4. The summed E-state index contributed by atoms with van der Waals surface area (Å²) in [7, 11) is 0. The molecule has 218 valence electrons. The number of aromatic nitrogens is 1. The Morgan fingerprint density at radius 1 is 0.881 bits per heavy atom. The zero-order chi connectivity index (χ0) is 29.4. The average Bonchev–Trinajstić information content (AvgIpc) is 3.51. The van der Waals surface area contributed by atoms with E-state index in [4.69, 9.17) is 11.6 Å². The van der Waals surface area contributed by atoms with Crippen molar-refractivity contribution < 1.29 is 14.3 Å². The highest BCUT2D eigenvalue weighted by Gasteiger charge is 2.27. The molecule has 42 heavy (non-hydrogen) atoms. The Hall–Kier alpha value is -3.88. The van der Waals surface area contributed by atoms with Crippen LogP contribution in [0.25, 0.3) is 16.6 Å². The second kappa shape index (κ2) is 11.8. The number of carbonyl (C=O) groups is 1. The Balaban J connectivity index is 1.36. The molecule has 0 amide bonds. The van der Waals surface area contributed by atoms with Gasteiger partial charge in [-0.1, -0.05) is 42.8 Å². The van der Waals surface area contributed by atoms with E-state index in [9.17, 15) is 14.7 Å². The molecule has 7 nitrogen and oxygen atoms in total. The van der Waals surface area contributed by atoms with Crippen molar-refractivity contribution in [1.29, 1.82) is 0 Å². The van der Waals surface area contributed by atoms with Gasteiger partial charge in [-0.2, -0.15) is 0 Å².